The Morgan fingerprint density at radius 1 is 1.30 bits per heavy atom. The number of benzene rings is 1. The average Bonchev–Trinajstić information content (AvgIpc) is 2.36. The molecule has 1 aromatic carbocycles. The zero-order chi connectivity index (χ0) is 15.2. The molecule has 0 aromatic heterocycles. The first kappa shape index (κ1) is 16.3. The van der Waals surface area contributed by atoms with Gasteiger partial charge in [-0.25, -0.2) is 9.18 Å². The van der Waals surface area contributed by atoms with Gasteiger partial charge < -0.3 is 15.4 Å². The number of nitrogens with one attached hydrogen (secondary N) is 2. The smallest absolute Gasteiger partial charge is 0.314 e. The van der Waals surface area contributed by atoms with Crippen molar-refractivity contribution in [1.82, 2.24) is 10.6 Å². The molecule has 112 valence electrons. The maximum absolute atomic E-state index is 13.5. The number of amides is 2. The van der Waals surface area contributed by atoms with Gasteiger partial charge in [0.1, 0.15) is 0 Å². The van der Waals surface area contributed by atoms with Crippen LogP contribution in [0.25, 0.3) is 0 Å². The zero-order valence-corrected chi connectivity index (χ0v) is 12.5. The molecular formula is C15H23FN2O2. The Kier molecular flexibility index (Phi) is 5.80. The molecule has 0 spiro atoms. The van der Waals surface area contributed by atoms with Crippen molar-refractivity contribution >= 4 is 6.03 Å². The number of hydrogen-bond acceptors (Lipinski definition) is 2. The maximum atomic E-state index is 13.5. The second kappa shape index (κ2) is 7.12. The van der Waals surface area contributed by atoms with E-state index in [9.17, 15) is 9.18 Å². The quantitative estimate of drug-likeness (QED) is 0.872. The van der Waals surface area contributed by atoms with Crippen LogP contribution in [0.4, 0.5) is 9.18 Å². The number of carbonyl (C=O) groups is 1. The minimum Gasteiger partial charge on any atom is -0.494 e. The molecule has 0 bridgehead atoms. The van der Waals surface area contributed by atoms with Gasteiger partial charge in [0.15, 0.2) is 11.6 Å². The molecule has 2 amide bonds. The Hall–Kier alpha value is -1.78. The summed E-state index contributed by atoms with van der Waals surface area (Å²) in [6, 6.07) is 4.60. The molecule has 0 saturated heterocycles. The first-order valence-electron chi connectivity index (χ1n) is 6.66. The SMILES string of the molecule is COc1ccc(CCNC(=O)NCC(C)(C)C)cc1F. The van der Waals surface area contributed by atoms with Crippen molar-refractivity contribution in [3.63, 3.8) is 0 Å². The average molecular weight is 282 g/mol. The highest BCUT2D eigenvalue weighted by molar-refractivity contribution is 5.73. The highest BCUT2D eigenvalue weighted by Gasteiger charge is 2.11. The second-order valence-corrected chi connectivity index (χ2v) is 5.89. The molecule has 0 saturated carbocycles. The summed E-state index contributed by atoms with van der Waals surface area (Å²) < 4.78 is 18.3. The Balaban J connectivity index is 2.34. The molecule has 0 aliphatic carbocycles. The molecule has 5 heteroatoms. The lowest BCUT2D eigenvalue weighted by Gasteiger charge is -2.18. The molecule has 0 aliphatic rings. The van der Waals surface area contributed by atoms with Crippen molar-refractivity contribution in [2.75, 3.05) is 20.2 Å². The third-order valence-corrected chi connectivity index (χ3v) is 2.69. The summed E-state index contributed by atoms with van der Waals surface area (Å²) in [6.45, 7) is 7.21. The summed E-state index contributed by atoms with van der Waals surface area (Å²) in [5, 5.41) is 5.54. The fraction of sp³-hybridized carbons (Fsp3) is 0.533. The van der Waals surface area contributed by atoms with Gasteiger partial charge in [-0.05, 0) is 29.5 Å². The van der Waals surface area contributed by atoms with Crippen LogP contribution in [-0.4, -0.2) is 26.2 Å². The Morgan fingerprint density at radius 3 is 2.55 bits per heavy atom. The molecule has 1 rings (SSSR count). The van der Waals surface area contributed by atoms with Gasteiger partial charge in [0.2, 0.25) is 0 Å². The number of methoxy groups -OCH3 is 1. The number of ether oxygens (including phenoxy) is 1. The highest BCUT2D eigenvalue weighted by Crippen LogP contribution is 2.17. The van der Waals surface area contributed by atoms with E-state index in [2.05, 4.69) is 10.6 Å². The van der Waals surface area contributed by atoms with E-state index in [1.165, 1.54) is 13.2 Å². The van der Waals surface area contributed by atoms with Crippen LogP contribution in [0, 0.1) is 11.2 Å². The van der Waals surface area contributed by atoms with Crippen molar-refractivity contribution in [3.05, 3.63) is 29.6 Å². The molecule has 0 unspecified atom stereocenters. The van der Waals surface area contributed by atoms with Crippen molar-refractivity contribution in [2.45, 2.75) is 27.2 Å². The maximum Gasteiger partial charge on any atom is 0.314 e. The van der Waals surface area contributed by atoms with Gasteiger partial charge in [-0.15, -0.1) is 0 Å². The predicted molar refractivity (Wildman–Crippen MR) is 77.5 cm³/mol. The summed E-state index contributed by atoms with van der Waals surface area (Å²) in [7, 11) is 1.43. The lowest BCUT2D eigenvalue weighted by Crippen LogP contribution is -2.40. The fourth-order valence-electron chi connectivity index (χ4n) is 1.59. The molecule has 0 aliphatic heterocycles. The first-order valence-corrected chi connectivity index (χ1v) is 6.66. The van der Waals surface area contributed by atoms with Gasteiger partial charge in [0.25, 0.3) is 0 Å². The highest BCUT2D eigenvalue weighted by atomic mass is 19.1. The van der Waals surface area contributed by atoms with E-state index in [1.54, 1.807) is 12.1 Å². The van der Waals surface area contributed by atoms with Crippen molar-refractivity contribution in [2.24, 2.45) is 5.41 Å². The standard InChI is InChI=1S/C15H23FN2O2/c1-15(2,3)10-18-14(19)17-8-7-11-5-6-13(20-4)12(16)9-11/h5-6,9H,7-8,10H2,1-4H3,(H2,17,18,19). The number of hydrogen-bond donors (Lipinski definition) is 2. The number of rotatable bonds is 5. The summed E-state index contributed by atoms with van der Waals surface area (Å²) in [4.78, 5) is 11.5. The lowest BCUT2D eigenvalue weighted by atomic mass is 9.97. The fourth-order valence-corrected chi connectivity index (χ4v) is 1.59. The Bertz CT molecular complexity index is 456. The van der Waals surface area contributed by atoms with E-state index < -0.39 is 0 Å². The molecular weight excluding hydrogens is 259 g/mol. The van der Waals surface area contributed by atoms with Gasteiger partial charge in [-0.1, -0.05) is 26.8 Å². The summed E-state index contributed by atoms with van der Waals surface area (Å²) in [5.41, 5.74) is 0.871. The molecule has 2 N–H and O–H groups in total. The molecule has 0 heterocycles. The van der Waals surface area contributed by atoms with Gasteiger partial charge in [-0.2, -0.15) is 0 Å². The van der Waals surface area contributed by atoms with Crippen LogP contribution in [0.5, 0.6) is 5.75 Å². The number of carbonyl (C=O) groups excluding carboxylic acids is 1. The number of halogens is 1. The van der Waals surface area contributed by atoms with E-state index in [-0.39, 0.29) is 23.0 Å². The van der Waals surface area contributed by atoms with Crippen LogP contribution in [0.15, 0.2) is 18.2 Å². The molecule has 0 radical (unpaired) electrons. The molecule has 4 nitrogen and oxygen atoms in total. The second-order valence-electron chi connectivity index (χ2n) is 5.89. The van der Waals surface area contributed by atoms with Crippen molar-refractivity contribution in [1.29, 1.82) is 0 Å². The lowest BCUT2D eigenvalue weighted by molar-refractivity contribution is 0.235. The van der Waals surface area contributed by atoms with E-state index in [1.807, 2.05) is 20.8 Å². The molecule has 0 fully saturated rings. The third kappa shape index (κ3) is 5.91. The largest absolute Gasteiger partial charge is 0.494 e. The van der Waals surface area contributed by atoms with E-state index in [0.29, 0.717) is 19.5 Å². The Labute approximate surface area is 119 Å². The molecule has 1 aromatic rings. The van der Waals surface area contributed by atoms with Gasteiger partial charge in [0, 0.05) is 13.1 Å². The van der Waals surface area contributed by atoms with Crippen LogP contribution in [0.2, 0.25) is 0 Å². The van der Waals surface area contributed by atoms with Crippen LogP contribution in [0.3, 0.4) is 0 Å². The van der Waals surface area contributed by atoms with Crippen molar-refractivity contribution < 1.29 is 13.9 Å². The van der Waals surface area contributed by atoms with E-state index >= 15 is 0 Å². The minimum atomic E-state index is -0.387. The molecule has 20 heavy (non-hydrogen) atoms. The van der Waals surface area contributed by atoms with Crippen LogP contribution in [0.1, 0.15) is 26.3 Å². The number of urea groups is 1. The topological polar surface area (TPSA) is 50.4 Å². The Morgan fingerprint density at radius 2 is 2.00 bits per heavy atom. The predicted octanol–water partition coefficient (Wildman–Crippen LogP) is 2.72. The summed E-state index contributed by atoms with van der Waals surface area (Å²) in [6.07, 6.45) is 0.573. The normalized spacial score (nSPS) is 11.1. The van der Waals surface area contributed by atoms with Crippen LogP contribution >= 0.6 is 0 Å². The van der Waals surface area contributed by atoms with Crippen molar-refractivity contribution in [3.8, 4) is 5.75 Å². The summed E-state index contributed by atoms with van der Waals surface area (Å²) >= 11 is 0. The monoisotopic (exact) mass is 282 g/mol. The van der Waals surface area contributed by atoms with Gasteiger partial charge in [0.05, 0.1) is 7.11 Å². The van der Waals surface area contributed by atoms with E-state index in [0.717, 1.165) is 5.56 Å². The van der Waals surface area contributed by atoms with E-state index in [4.69, 9.17) is 4.74 Å². The minimum absolute atomic E-state index is 0.0520. The van der Waals surface area contributed by atoms with Crippen LogP contribution in [-0.2, 0) is 6.42 Å². The van der Waals surface area contributed by atoms with Gasteiger partial charge in [-0.3, -0.25) is 0 Å². The first-order chi connectivity index (χ1) is 9.31. The van der Waals surface area contributed by atoms with Crippen LogP contribution < -0.4 is 15.4 Å². The van der Waals surface area contributed by atoms with Gasteiger partial charge >= 0.3 is 6.03 Å². The third-order valence-electron chi connectivity index (χ3n) is 2.69. The summed E-state index contributed by atoms with van der Waals surface area (Å²) in [5.74, 6) is -0.160. The zero-order valence-electron chi connectivity index (χ0n) is 12.5. The molecule has 0 atom stereocenters.